The van der Waals surface area contributed by atoms with E-state index < -0.39 is 57.3 Å². The van der Waals surface area contributed by atoms with Crippen LogP contribution in [0.4, 0.5) is 16.6 Å². The summed E-state index contributed by atoms with van der Waals surface area (Å²) in [7, 11) is -4.64. The molecule has 24 heteroatoms. The van der Waals surface area contributed by atoms with Gasteiger partial charge >= 0.3 is 0 Å². The van der Waals surface area contributed by atoms with Crippen LogP contribution in [0.2, 0.25) is 0 Å². The minimum absolute atomic E-state index is 0.0400. The molecule has 4 aliphatic rings. The third kappa shape index (κ3) is 13.9. The molecule has 2 saturated heterocycles. The van der Waals surface area contributed by atoms with Gasteiger partial charge in [0.25, 0.3) is 21.8 Å². The van der Waals surface area contributed by atoms with Crippen molar-refractivity contribution >= 4 is 89.1 Å². The lowest BCUT2D eigenvalue weighted by Crippen LogP contribution is -2.58. The van der Waals surface area contributed by atoms with Crippen LogP contribution in [0.15, 0.2) is 114 Å². The van der Waals surface area contributed by atoms with Gasteiger partial charge in [-0.2, -0.15) is 10.4 Å². The molecule has 4 aromatic carbocycles. The summed E-state index contributed by atoms with van der Waals surface area (Å²) in [4.78, 5) is 91.1. The molecule has 3 fully saturated rings. The highest BCUT2D eigenvalue weighted by molar-refractivity contribution is 7.90. The molecule has 0 spiro atoms. The number of pyridine rings is 1. The number of carbonyl (C=O) groups excluding carboxylic acids is 5. The van der Waals surface area contributed by atoms with Crippen LogP contribution in [0.1, 0.15) is 127 Å². The van der Waals surface area contributed by atoms with E-state index in [-0.39, 0.29) is 54.0 Å². The van der Waals surface area contributed by atoms with Crippen LogP contribution < -0.4 is 30.5 Å². The minimum Gasteiger partial charge on any atom is -0.391 e. The number of aliphatic hydroxyl groups excluding tert-OH is 1. The summed E-state index contributed by atoms with van der Waals surface area (Å²) < 4.78 is 34.1. The average Bonchev–Trinajstić information content (AvgIpc) is 1.71. The summed E-state index contributed by atoms with van der Waals surface area (Å²) in [6, 6.07) is 29.0. The van der Waals surface area contributed by atoms with Crippen molar-refractivity contribution in [3.63, 3.8) is 0 Å². The van der Waals surface area contributed by atoms with Gasteiger partial charge < -0.3 is 30.4 Å². The first kappa shape index (κ1) is 64.2. The number of nitrogens with one attached hydrogen (secondary N) is 4. The van der Waals surface area contributed by atoms with Crippen LogP contribution in [0.5, 0.6) is 0 Å². The first-order valence-corrected chi connectivity index (χ1v) is 34.9. The second-order valence-electron chi connectivity index (χ2n) is 25.8. The number of sulfonamides is 1. The Morgan fingerprint density at radius 2 is 1.61 bits per heavy atom. The van der Waals surface area contributed by atoms with E-state index in [4.69, 9.17) is 10.1 Å². The lowest BCUT2D eigenvalue weighted by molar-refractivity contribution is -0.144. The summed E-state index contributed by atoms with van der Waals surface area (Å²) in [6.45, 7) is 11.7. The Hall–Kier alpha value is -8.89. The fourth-order valence-electron chi connectivity index (χ4n) is 13.3. The number of nitrogens with zero attached hydrogens (tertiary/aromatic N) is 9. The number of amides is 5. The van der Waals surface area contributed by atoms with Crippen molar-refractivity contribution in [2.24, 2.45) is 17.3 Å². The van der Waals surface area contributed by atoms with Crippen molar-refractivity contribution in [1.82, 2.24) is 45.0 Å². The Bertz CT molecular complexity index is 4290. The number of likely N-dealkylation sites (tertiary alicyclic amines) is 1. The molecule has 5 N–H and O–H groups in total. The molecule has 5 amide bonds. The topological polar surface area (TPSA) is 278 Å². The molecular formula is C69H75N13O8S3. The van der Waals surface area contributed by atoms with E-state index in [1.165, 1.54) is 40.9 Å². The quantitative estimate of drug-likeness (QED) is 0.0567. The van der Waals surface area contributed by atoms with Crippen LogP contribution in [0.3, 0.4) is 0 Å². The lowest BCUT2D eigenvalue weighted by atomic mass is 9.84. The van der Waals surface area contributed by atoms with Gasteiger partial charge in [-0.25, -0.2) is 28.1 Å². The molecule has 0 bridgehead atoms. The van der Waals surface area contributed by atoms with Gasteiger partial charge in [-0.05, 0) is 128 Å². The number of fused-ring (bicyclic) bond motifs is 2. The van der Waals surface area contributed by atoms with Crippen LogP contribution in [-0.4, -0.2) is 117 Å². The van der Waals surface area contributed by atoms with Gasteiger partial charge in [-0.1, -0.05) is 99.9 Å². The highest BCUT2D eigenvalue weighted by Gasteiger charge is 2.45. The zero-order valence-electron chi connectivity index (χ0n) is 52.6. The molecule has 0 radical (unpaired) electrons. The number of aryl methyl sites for hydroxylation is 1. The van der Waals surface area contributed by atoms with Gasteiger partial charge in [0, 0.05) is 80.5 Å². The maximum atomic E-state index is 14.8. The predicted octanol–water partition coefficient (Wildman–Crippen LogP) is 9.71. The third-order valence-electron chi connectivity index (χ3n) is 18.5. The van der Waals surface area contributed by atoms with Gasteiger partial charge in [0.1, 0.15) is 29.7 Å². The van der Waals surface area contributed by atoms with Crippen molar-refractivity contribution in [2.45, 2.75) is 135 Å². The molecule has 12 rings (SSSR count). The SMILES string of the molecule is Cc1ncsc1-c1ccc(CNC(=O)[C@@H]2C[C@@H](O)CN2C(=O)[C@@H](NC(=O)C2CCN(c3ccc(S(=O)(=O)NC(=O)c4nc(N5CCc6cccc(C(=O)Nc7nc8ccccc8s7)c6C5)ccc4-c4cnn(CC5CCCCC5)c4C)cc3C#N)CC2)C(C)(C)C)cc1. The van der Waals surface area contributed by atoms with E-state index in [0.29, 0.717) is 84.7 Å². The fraction of sp³-hybridized carbons (Fsp3) is 0.391. The largest absolute Gasteiger partial charge is 0.391 e. The predicted molar refractivity (Wildman–Crippen MR) is 358 cm³/mol. The Labute approximate surface area is 548 Å². The van der Waals surface area contributed by atoms with E-state index in [1.807, 2.05) is 110 Å². The third-order valence-corrected chi connectivity index (χ3v) is 21.8. The van der Waals surface area contributed by atoms with Gasteiger partial charge in [-0.15, -0.1) is 11.3 Å². The lowest BCUT2D eigenvalue weighted by Gasteiger charge is -2.38. The molecule has 93 heavy (non-hydrogen) atoms. The van der Waals surface area contributed by atoms with E-state index >= 15 is 0 Å². The van der Waals surface area contributed by atoms with E-state index in [2.05, 4.69) is 36.7 Å². The first-order valence-electron chi connectivity index (χ1n) is 31.7. The Morgan fingerprint density at radius 3 is 2.34 bits per heavy atom. The molecule has 3 aliphatic heterocycles. The number of hydrogen-bond acceptors (Lipinski definition) is 17. The van der Waals surface area contributed by atoms with Crippen LogP contribution in [0, 0.1) is 42.4 Å². The molecule has 1 saturated carbocycles. The second-order valence-corrected chi connectivity index (χ2v) is 29.4. The van der Waals surface area contributed by atoms with E-state index in [0.717, 1.165) is 74.4 Å². The zero-order valence-corrected chi connectivity index (χ0v) is 55.1. The smallest absolute Gasteiger partial charge is 0.284 e. The second kappa shape index (κ2) is 27.0. The van der Waals surface area contributed by atoms with Gasteiger partial charge in [0.15, 0.2) is 5.13 Å². The van der Waals surface area contributed by atoms with E-state index in [1.54, 1.807) is 41.2 Å². The molecule has 7 heterocycles. The van der Waals surface area contributed by atoms with E-state index in [9.17, 15) is 42.8 Å². The Balaban J connectivity index is 0.719. The summed E-state index contributed by atoms with van der Waals surface area (Å²) in [5, 5.41) is 35.6. The Kier molecular flexibility index (Phi) is 18.6. The van der Waals surface area contributed by atoms with Crippen LogP contribution >= 0.6 is 22.7 Å². The number of aromatic nitrogens is 5. The summed E-state index contributed by atoms with van der Waals surface area (Å²) in [5.74, 6) is -2.19. The standard InChI is InChI=1S/C69H75N13O8S3/c1-41-61(91-40-72-41)46-20-18-43(19-21-46)35-71-65(86)57-33-49(83)38-81(57)67(88)62(69(3,4)5)76-63(84)47-27-29-79(30-28-47)56-24-22-50(32-48(56)34-70)93(89,90)78-66(87)60-51(53-36-73-82(42(53)2)37-44-12-7-6-8-13-44)23-25-59(75-60)80-31-26-45-14-11-15-52(54(45)39-80)64(85)77-68-74-55-16-9-10-17-58(55)92-68/h9-11,14-25,32,36,40,44,47,49,57,62,83H,6-8,12-13,26-31,33,35,37-39H2,1-5H3,(H,71,86)(H,76,84)(H,78,87)(H,74,77,85)/t49-,57+,62-/m1/s1. The number of benzene rings is 4. The molecule has 3 atom stereocenters. The first-order chi connectivity index (χ1) is 44.7. The number of carbonyl (C=O) groups is 5. The molecule has 4 aromatic heterocycles. The molecular weight excluding hydrogens is 1240 g/mol. The zero-order chi connectivity index (χ0) is 65.3. The maximum Gasteiger partial charge on any atom is 0.284 e. The minimum atomic E-state index is -4.64. The number of hydrogen-bond donors (Lipinski definition) is 5. The fourth-order valence-corrected chi connectivity index (χ4v) is 16.0. The highest BCUT2D eigenvalue weighted by atomic mass is 32.2. The van der Waals surface area contributed by atoms with Gasteiger partial charge in [0.05, 0.1) is 54.7 Å². The molecule has 482 valence electrons. The van der Waals surface area contributed by atoms with Gasteiger partial charge in [-0.3, -0.25) is 34.0 Å². The Morgan fingerprint density at radius 1 is 0.839 bits per heavy atom. The average molecular weight is 1310 g/mol. The number of thiazole rings is 2. The number of anilines is 3. The molecule has 0 unspecified atom stereocenters. The van der Waals surface area contributed by atoms with Gasteiger partial charge in [0.2, 0.25) is 17.7 Å². The highest BCUT2D eigenvalue weighted by Crippen LogP contribution is 2.36. The molecule has 8 aromatic rings. The molecule has 1 aliphatic carbocycles. The number of piperidine rings is 1. The summed E-state index contributed by atoms with van der Waals surface area (Å²) in [5.41, 5.74) is 9.05. The number of aliphatic hydroxyl groups is 1. The van der Waals surface area contributed by atoms with Crippen molar-refractivity contribution in [3.05, 3.63) is 154 Å². The van der Waals surface area contributed by atoms with Crippen LogP contribution in [0.25, 0.3) is 31.8 Å². The summed E-state index contributed by atoms with van der Waals surface area (Å²) in [6.07, 6.45) is 7.79. The number of β-amino-alcohol motifs (C(OH)–C–C–N with tert-alkyl or cyclic N) is 1. The maximum absolute atomic E-state index is 14.8. The number of rotatable bonds is 17. The monoisotopic (exact) mass is 1310 g/mol. The van der Waals surface area contributed by atoms with Crippen molar-refractivity contribution < 1.29 is 37.5 Å². The normalized spacial score (nSPS) is 17.6. The number of nitriles is 1. The van der Waals surface area contributed by atoms with Crippen molar-refractivity contribution in [3.8, 4) is 27.6 Å². The molecule has 21 nitrogen and oxygen atoms in total. The summed E-state index contributed by atoms with van der Waals surface area (Å²) >= 11 is 2.94. The number of para-hydroxylation sites is 1. The van der Waals surface area contributed by atoms with Crippen molar-refractivity contribution in [2.75, 3.05) is 41.3 Å². The van der Waals surface area contributed by atoms with Crippen LogP contribution in [-0.2, 0) is 50.5 Å². The van der Waals surface area contributed by atoms with Crippen molar-refractivity contribution in [1.29, 1.82) is 5.26 Å².